The Labute approximate surface area is 260 Å². The Morgan fingerprint density at radius 1 is 0.977 bits per heavy atom. The molecule has 1 aliphatic carbocycles. The number of likely N-dealkylation sites (tertiary alicyclic amines) is 1. The number of aromatic nitrogens is 2. The lowest BCUT2D eigenvalue weighted by Gasteiger charge is -2.40. The number of nitrogens with two attached hydrogens (primary N) is 1. The van der Waals surface area contributed by atoms with Gasteiger partial charge in [-0.15, -0.1) is 0 Å². The maximum atomic E-state index is 13.0. The molecule has 10 nitrogen and oxygen atoms in total. The predicted octanol–water partition coefficient (Wildman–Crippen LogP) is 4.30. The third-order valence-electron chi connectivity index (χ3n) is 9.53. The van der Waals surface area contributed by atoms with Gasteiger partial charge in [-0.1, -0.05) is 19.1 Å². The number of amides is 2. The number of benzene rings is 2. The van der Waals surface area contributed by atoms with Gasteiger partial charge in [-0.3, -0.25) is 9.59 Å². The minimum atomic E-state index is -0.637. The van der Waals surface area contributed by atoms with Crippen molar-refractivity contribution in [2.45, 2.75) is 62.9 Å². The van der Waals surface area contributed by atoms with Gasteiger partial charge in [-0.05, 0) is 99.0 Å². The van der Waals surface area contributed by atoms with Crippen LogP contribution in [0.1, 0.15) is 71.9 Å². The minimum Gasteiger partial charge on any atom is -0.378 e. The number of carbonyl (C=O) groups is 2. The summed E-state index contributed by atoms with van der Waals surface area (Å²) in [5, 5.41) is 6.48. The molecule has 2 saturated heterocycles. The molecular weight excluding hydrogens is 552 g/mol. The number of primary amides is 1. The fraction of sp³-hybridized carbons (Fsp3) is 0.471. The van der Waals surface area contributed by atoms with Gasteiger partial charge in [0.1, 0.15) is 5.82 Å². The Morgan fingerprint density at radius 3 is 2.32 bits per heavy atom. The molecule has 3 aliphatic rings. The lowest BCUT2D eigenvalue weighted by atomic mass is 9.74. The van der Waals surface area contributed by atoms with Gasteiger partial charge in [-0.25, -0.2) is 9.97 Å². The van der Waals surface area contributed by atoms with Crippen LogP contribution in [-0.4, -0.2) is 79.0 Å². The summed E-state index contributed by atoms with van der Waals surface area (Å²) in [6, 6.07) is 16.8. The molecular formula is C34H44N8O2. The van der Waals surface area contributed by atoms with E-state index >= 15 is 0 Å². The monoisotopic (exact) mass is 596 g/mol. The number of anilines is 4. The normalized spacial score (nSPS) is 20.2. The van der Waals surface area contributed by atoms with E-state index < -0.39 is 5.91 Å². The molecule has 2 aromatic carbocycles. The molecule has 3 aromatic rings. The number of hydrogen-bond acceptors (Lipinski definition) is 8. The van der Waals surface area contributed by atoms with Crippen LogP contribution < -0.4 is 26.2 Å². The molecule has 1 atom stereocenters. The van der Waals surface area contributed by atoms with E-state index in [0.717, 1.165) is 62.7 Å². The fourth-order valence-electron chi connectivity index (χ4n) is 6.49. The Hall–Kier alpha value is -4.18. The van der Waals surface area contributed by atoms with Crippen LogP contribution in [0.5, 0.6) is 0 Å². The maximum absolute atomic E-state index is 13.0. The molecule has 44 heavy (non-hydrogen) atoms. The molecule has 232 valence electrons. The molecule has 0 bridgehead atoms. The van der Waals surface area contributed by atoms with E-state index in [0.29, 0.717) is 23.7 Å². The Balaban J connectivity index is 1.12. The van der Waals surface area contributed by atoms with Crippen LogP contribution in [0.3, 0.4) is 0 Å². The minimum absolute atomic E-state index is 0.0381. The lowest BCUT2D eigenvalue weighted by Crippen LogP contribution is -2.48. The largest absolute Gasteiger partial charge is 0.378 e. The van der Waals surface area contributed by atoms with Gasteiger partial charge in [0.15, 0.2) is 11.5 Å². The van der Waals surface area contributed by atoms with Crippen molar-refractivity contribution in [3.63, 3.8) is 0 Å². The van der Waals surface area contributed by atoms with Crippen molar-refractivity contribution in [3.05, 3.63) is 71.5 Å². The topological polar surface area (TPSA) is 120 Å². The molecule has 3 heterocycles. The number of nitrogens with one attached hydrogen (secondary N) is 2. The summed E-state index contributed by atoms with van der Waals surface area (Å²) >= 11 is 0. The average Bonchev–Trinajstić information content (AvgIpc) is 3.88. The van der Waals surface area contributed by atoms with Crippen molar-refractivity contribution in [1.82, 2.24) is 20.2 Å². The van der Waals surface area contributed by atoms with Crippen LogP contribution in [-0.2, 0) is 5.41 Å². The zero-order valence-corrected chi connectivity index (χ0v) is 26.1. The average molecular weight is 597 g/mol. The van der Waals surface area contributed by atoms with E-state index in [-0.39, 0.29) is 23.1 Å². The lowest BCUT2D eigenvalue weighted by molar-refractivity contribution is 0.0932. The highest BCUT2D eigenvalue weighted by Crippen LogP contribution is 2.39. The van der Waals surface area contributed by atoms with Crippen LogP contribution in [0, 0.1) is 0 Å². The van der Waals surface area contributed by atoms with Crippen molar-refractivity contribution < 1.29 is 9.59 Å². The van der Waals surface area contributed by atoms with Gasteiger partial charge in [0.2, 0.25) is 0 Å². The molecule has 0 unspecified atom stereocenters. The highest BCUT2D eigenvalue weighted by Gasteiger charge is 2.37. The first-order chi connectivity index (χ1) is 21.2. The standard InChI is InChI=1S/C34H44N8O2/c1-34(16-19-41(20-17-34)28-14-15-28)24-8-10-25(11-9-24)37-32-30(31(35)43)36-21-29(39-32)42-18-4-5-26(22-42)38-33(44)23-6-12-27(13-7-23)40(2)3/h6-13,21,26,28H,4-5,14-20,22H2,1-3H3,(H2,35,43)(H,37,39)(H,38,44)/t26-/m1/s1. The van der Waals surface area contributed by atoms with Crippen LogP contribution in [0.2, 0.25) is 0 Å². The van der Waals surface area contributed by atoms with Crippen LogP contribution in [0.25, 0.3) is 0 Å². The van der Waals surface area contributed by atoms with Crippen molar-refractivity contribution in [2.24, 2.45) is 5.73 Å². The quantitative estimate of drug-likeness (QED) is 0.335. The number of hydrogen-bond donors (Lipinski definition) is 3. The summed E-state index contributed by atoms with van der Waals surface area (Å²) in [5.74, 6) is 0.241. The van der Waals surface area contributed by atoms with Crippen LogP contribution in [0.15, 0.2) is 54.7 Å². The smallest absolute Gasteiger partial charge is 0.271 e. The summed E-state index contributed by atoms with van der Waals surface area (Å²) in [4.78, 5) is 41.2. The SMILES string of the molecule is CN(C)c1ccc(C(=O)N[C@@H]2CCCN(c3cnc(C(N)=O)c(Nc4ccc(C5(C)CCN(C6CC6)CC5)cc4)n3)C2)cc1. The highest BCUT2D eigenvalue weighted by molar-refractivity contribution is 5.96. The molecule has 4 N–H and O–H groups in total. The van der Waals surface area contributed by atoms with Gasteiger partial charge in [0, 0.05) is 56.2 Å². The number of piperidine rings is 2. The van der Waals surface area contributed by atoms with E-state index in [1.54, 1.807) is 6.20 Å². The van der Waals surface area contributed by atoms with E-state index in [9.17, 15) is 9.59 Å². The molecule has 2 amide bonds. The molecule has 2 aliphatic heterocycles. The zero-order chi connectivity index (χ0) is 30.8. The van der Waals surface area contributed by atoms with Gasteiger partial charge in [0.25, 0.3) is 11.8 Å². The van der Waals surface area contributed by atoms with E-state index in [1.807, 2.05) is 55.4 Å². The summed E-state index contributed by atoms with van der Waals surface area (Å²) in [7, 11) is 3.95. The van der Waals surface area contributed by atoms with Crippen molar-refractivity contribution in [1.29, 1.82) is 0 Å². The highest BCUT2D eigenvalue weighted by atomic mass is 16.2. The molecule has 0 radical (unpaired) electrons. The first-order valence-electron chi connectivity index (χ1n) is 15.8. The van der Waals surface area contributed by atoms with Crippen molar-refractivity contribution >= 4 is 34.8 Å². The second-order valence-electron chi connectivity index (χ2n) is 13.0. The number of rotatable bonds is 9. The first kappa shape index (κ1) is 29.9. The fourth-order valence-corrected chi connectivity index (χ4v) is 6.49. The van der Waals surface area contributed by atoms with E-state index in [4.69, 9.17) is 10.7 Å². The number of carbonyl (C=O) groups excluding carboxylic acids is 2. The Kier molecular flexibility index (Phi) is 8.44. The Morgan fingerprint density at radius 2 is 1.68 bits per heavy atom. The predicted molar refractivity (Wildman–Crippen MR) is 175 cm³/mol. The van der Waals surface area contributed by atoms with Gasteiger partial charge in [0.05, 0.1) is 6.20 Å². The summed E-state index contributed by atoms with van der Waals surface area (Å²) in [6.45, 7) is 6.07. The zero-order valence-electron chi connectivity index (χ0n) is 26.1. The Bertz CT molecular complexity index is 1480. The van der Waals surface area contributed by atoms with E-state index in [2.05, 4.69) is 44.5 Å². The molecule has 0 spiro atoms. The van der Waals surface area contributed by atoms with Crippen LogP contribution in [0.4, 0.5) is 23.0 Å². The van der Waals surface area contributed by atoms with Gasteiger partial charge < -0.3 is 31.1 Å². The van der Waals surface area contributed by atoms with Crippen molar-refractivity contribution in [2.75, 3.05) is 55.4 Å². The van der Waals surface area contributed by atoms with Gasteiger partial charge >= 0.3 is 0 Å². The molecule has 6 rings (SSSR count). The second-order valence-corrected chi connectivity index (χ2v) is 13.0. The third-order valence-corrected chi connectivity index (χ3v) is 9.53. The summed E-state index contributed by atoms with van der Waals surface area (Å²) in [5.41, 5.74) is 9.78. The van der Waals surface area contributed by atoms with Crippen molar-refractivity contribution in [3.8, 4) is 0 Å². The van der Waals surface area contributed by atoms with Crippen LogP contribution >= 0.6 is 0 Å². The molecule has 1 aromatic heterocycles. The van der Waals surface area contributed by atoms with Gasteiger partial charge in [-0.2, -0.15) is 0 Å². The second kappa shape index (κ2) is 12.4. The molecule has 1 saturated carbocycles. The molecule has 10 heteroatoms. The summed E-state index contributed by atoms with van der Waals surface area (Å²) in [6.07, 6.45) is 8.40. The maximum Gasteiger partial charge on any atom is 0.271 e. The number of nitrogens with zero attached hydrogens (tertiary/aromatic N) is 5. The summed E-state index contributed by atoms with van der Waals surface area (Å²) < 4.78 is 0. The first-order valence-corrected chi connectivity index (χ1v) is 15.8. The van der Waals surface area contributed by atoms with E-state index in [1.165, 1.54) is 18.4 Å². The molecule has 3 fully saturated rings. The third kappa shape index (κ3) is 6.65.